The molecule has 0 amide bonds. The first-order chi connectivity index (χ1) is 10.8. The third-order valence-electron chi connectivity index (χ3n) is 4.63. The number of carbonyl (C=O) groups excluding carboxylic acids is 1. The number of carbonyl (C=O) groups is 1. The molecule has 0 aromatic rings. The van der Waals surface area contributed by atoms with Crippen molar-refractivity contribution < 1.29 is 14.3 Å². The summed E-state index contributed by atoms with van der Waals surface area (Å²) in [5, 5.41) is 0. The van der Waals surface area contributed by atoms with Gasteiger partial charge < -0.3 is 9.47 Å². The number of methoxy groups -OCH3 is 1. The molecular weight excluding hydrogens is 276 g/mol. The lowest BCUT2D eigenvalue weighted by atomic mass is 10.0. The molecule has 1 heterocycles. The molecule has 2 atom stereocenters. The van der Waals surface area contributed by atoms with Crippen molar-refractivity contribution in [2.24, 2.45) is 0 Å². The van der Waals surface area contributed by atoms with Crippen molar-refractivity contribution in [3.05, 3.63) is 0 Å². The quantitative estimate of drug-likeness (QED) is 0.230. The lowest BCUT2D eigenvalue weighted by Crippen LogP contribution is -2.00. The van der Waals surface area contributed by atoms with Crippen LogP contribution in [0, 0.1) is 0 Å². The van der Waals surface area contributed by atoms with Gasteiger partial charge in [0.1, 0.15) is 0 Å². The Morgan fingerprint density at radius 1 is 0.818 bits per heavy atom. The van der Waals surface area contributed by atoms with Crippen LogP contribution in [0.2, 0.25) is 0 Å². The van der Waals surface area contributed by atoms with Crippen LogP contribution >= 0.6 is 0 Å². The molecule has 0 unspecified atom stereocenters. The average Bonchev–Trinajstić information content (AvgIpc) is 3.28. The van der Waals surface area contributed by atoms with E-state index in [4.69, 9.17) is 4.74 Å². The third kappa shape index (κ3) is 10.2. The lowest BCUT2D eigenvalue weighted by molar-refractivity contribution is -0.140. The minimum atomic E-state index is -0.0945. The van der Waals surface area contributed by atoms with Gasteiger partial charge >= 0.3 is 5.97 Å². The van der Waals surface area contributed by atoms with Gasteiger partial charge in [-0.2, -0.15) is 0 Å². The monoisotopic (exact) mass is 312 g/mol. The highest BCUT2D eigenvalue weighted by atomic mass is 16.6. The highest BCUT2D eigenvalue weighted by molar-refractivity contribution is 5.68. The highest BCUT2D eigenvalue weighted by Crippen LogP contribution is 2.31. The van der Waals surface area contributed by atoms with Crippen LogP contribution in [0.5, 0.6) is 0 Å². The Labute approximate surface area is 137 Å². The van der Waals surface area contributed by atoms with Crippen LogP contribution in [0.3, 0.4) is 0 Å². The molecule has 1 aliphatic heterocycles. The van der Waals surface area contributed by atoms with Crippen LogP contribution in [0.15, 0.2) is 0 Å². The molecule has 0 aromatic carbocycles. The average molecular weight is 312 g/mol. The van der Waals surface area contributed by atoms with E-state index in [9.17, 15) is 4.79 Å². The molecule has 130 valence electrons. The molecule has 1 fully saturated rings. The van der Waals surface area contributed by atoms with Crippen molar-refractivity contribution in [3.63, 3.8) is 0 Å². The Kier molecular flexibility index (Phi) is 11.4. The number of esters is 1. The lowest BCUT2D eigenvalue weighted by Gasteiger charge is -2.01. The fourth-order valence-electron chi connectivity index (χ4n) is 3.06. The first kappa shape index (κ1) is 19.5. The van der Waals surface area contributed by atoms with Gasteiger partial charge in [0.15, 0.2) is 0 Å². The molecule has 0 spiro atoms. The maximum atomic E-state index is 11.0. The molecule has 1 rings (SSSR count). The standard InChI is InChI=1S/C19H36O3/c1-3-4-5-6-7-8-9-10-11-14-17-18(22-17)15-12-13-16-19(20)21-2/h17-18H,3-16H2,1-2H3/t17-,18+/m1/s1. The molecule has 0 radical (unpaired) electrons. The van der Waals surface area contributed by atoms with Crippen LogP contribution in [0.1, 0.15) is 96.8 Å². The van der Waals surface area contributed by atoms with E-state index in [0.717, 1.165) is 19.3 Å². The summed E-state index contributed by atoms with van der Waals surface area (Å²) in [7, 11) is 1.45. The van der Waals surface area contributed by atoms with Crippen molar-refractivity contribution >= 4 is 5.97 Å². The number of hydrogen-bond acceptors (Lipinski definition) is 3. The minimum Gasteiger partial charge on any atom is -0.469 e. The smallest absolute Gasteiger partial charge is 0.305 e. The maximum Gasteiger partial charge on any atom is 0.305 e. The van der Waals surface area contributed by atoms with Crippen molar-refractivity contribution in [3.8, 4) is 0 Å². The summed E-state index contributed by atoms with van der Waals surface area (Å²) in [4.78, 5) is 11.0. The van der Waals surface area contributed by atoms with E-state index < -0.39 is 0 Å². The molecule has 22 heavy (non-hydrogen) atoms. The van der Waals surface area contributed by atoms with Gasteiger partial charge in [0.25, 0.3) is 0 Å². The zero-order valence-electron chi connectivity index (χ0n) is 14.8. The van der Waals surface area contributed by atoms with Crippen LogP contribution in [0.4, 0.5) is 0 Å². The molecule has 3 heteroatoms. The fraction of sp³-hybridized carbons (Fsp3) is 0.947. The summed E-state index contributed by atoms with van der Waals surface area (Å²) >= 11 is 0. The molecule has 0 bridgehead atoms. The minimum absolute atomic E-state index is 0.0945. The number of rotatable bonds is 15. The van der Waals surface area contributed by atoms with Gasteiger partial charge in [-0.15, -0.1) is 0 Å². The highest BCUT2D eigenvalue weighted by Gasteiger charge is 2.36. The predicted octanol–water partition coefficient (Wildman–Crippen LogP) is 5.41. The molecular formula is C19H36O3. The van der Waals surface area contributed by atoms with Crippen molar-refractivity contribution in [2.75, 3.05) is 7.11 Å². The summed E-state index contributed by atoms with van der Waals surface area (Å²) in [5.74, 6) is -0.0945. The van der Waals surface area contributed by atoms with E-state index in [1.54, 1.807) is 0 Å². The largest absolute Gasteiger partial charge is 0.469 e. The summed E-state index contributed by atoms with van der Waals surface area (Å²) < 4.78 is 10.3. The molecule has 3 nitrogen and oxygen atoms in total. The van der Waals surface area contributed by atoms with Crippen LogP contribution in [-0.2, 0) is 14.3 Å². The topological polar surface area (TPSA) is 38.8 Å². The van der Waals surface area contributed by atoms with E-state index >= 15 is 0 Å². The summed E-state index contributed by atoms with van der Waals surface area (Å²) in [5.41, 5.74) is 0. The molecule has 0 N–H and O–H groups in total. The Morgan fingerprint density at radius 2 is 1.32 bits per heavy atom. The van der Waals surface area contributed by atoms with E-state index in [1.165, 1.54) is 71.3 Å². The van der Waals surface area contributed by atoms with E-state index in [1.807, 2.05) is 0 Å². The number of epoxide rings is 1. The molecule has 0 aromatic heterocycles. The van der Waals surface area contributed by atoms with Gasteiger partial charge in [0, 0.05) is 6.42 Å². The first-order valence-corrected chi connectivity index (χ1v) is 9.50. The van der Waals surface area contributed by atoms with Crippen LogP contribution in [0.25, 0.3) is 0 Å². The third-order valence-corrected chi connectivity index (χ3v) is 4.63. The Hall–Kier alpha value is -0.570. The SMILES string of the molecule is CCCCCCCCCCC[C@H]1O[C@H]1CCCCC(=O)OC. The zero-order chi connectivity index (χ0) is 16.0. The summed E-state index contributed by atoms with van der Waals surface area (Å²) in [6.45, 7) is 2.27. The Bertz CT molecular complexity index is 278. The molecule has 1 saturated heterocycles. The summed E-state index contributed by atoms with van der Waals surface area (Å²) in [6, 6.07) is 0. The number of unbranched alkanes of at least 4 members (excludes halogenated alkanes) is 9. The Morgan fingerprint density at radius 3 is 1.86 bits per heavy atom. The zero-order valence-corrected chi connectivity index (χ0v) is 14.8. The molecule has 1 aliphatic rings. The number of ether oxygens (including phenoxy) is 2. The van der Waals surface area contributed by atoms with Crippen molar-refractivity contribution in [1.29, 1.82) is 0 Å². The predicted molar refractivity (Wildman–Crippen MR) is 91.0 cm³/mol. The van der Waals surface area contributed by atoms with Crippen LogP contribution < -0.4 is 0 Å². The maximum absolute atomic E-state index is 11.0. The molecule has 0 saturated carbocycles. The van der Waals surface area contributed by atoms with Gasteiger partial charge in [-0.05, 0) is 19.3 Å². The van der Waals surface area contributed by atoms with Crippen LogP contribution in [-0.4, -0.2) is 25.3 Å². The van der Waals surface area contributed by atoms with Crippen molar-refractivity contribution in [1.82, 2.24) is 0 Å². The second kappa shape index (κ2) is 12.9. The van der Waals surface area contributed by atoms with Gasteiger partial charge in [0.05, 0.1) is 19.3 Å². The fourth-order valence-corrected chi connectivity index (χ4v) is 3.06. The second-order valence-corrected chi connectivity index (χ2v) is 6.65. The van der Waals surface area contributed by atoms with E-state index in [0.29, 0.717) is 18.6 Å². The van der Waals surface area contributed by atoms with Gasteiger partial charge in [-0.1, -0.05) is 71.1 Å². The van der Waals surface area contributed by atoms with Gasteiger partial charge in [-0.25, -0.2) is 0 Å². The van der Waals surface area contributed by atoms with E-state index in [-0.39, 0.29) is 5.97 Å². The Balaban J connectivity index is 1.77. The second-order valence-electron chi connectivity index (χ2n) is 6.65. The van der Waals surface area contributed by atoms with Gasteiger partial charge in [0.2, 0.25) is 0 Å². The summed E-state index contributed by atoms with van der Waals surface area (Å²) in [6.07, 6.45) is 18.4. The van der Waals surface area contributed by atoms with Gasteiger partial charge in [-0.3, -0.25) is 4.79 Å². The van der Waals surface area contributed by atoms with Crippen molar-refractivity contribution in [2.45, 2.75) is 109 Å². The molecule has 0 aliphatic carbocycles. The number of hydrogen-bond donors (Lipinski definition) is 0. The normalized spacial score (nSPS) is 20.1. The van der Waals surface area contributed by atoms with E-state index in [2.05, 4.69) is 11.7 Å². The first-order valence-electron chi connectivity index (χ1n) is 9.50.